The number of carbonyl (C=O) groups excluding carboxylic acids is 1. The Morgan fingerprint density at radius 1 is 1.17 bits per heavy atom. The molecule has 0 aromatic heterocycles. The van der Waals surface area contributed by atoms with Crippen molar-refractivity contribution in [2.24, 2.45) is 5.41 Å². The number of ketones is 1. The van der Waals surface area contributed by atoms with Crippen LogP contribution in [0.2, 0.25) is 5.02 Å². The van der Waals surface area contributed by atoms with Gasteiger partial charge in [-0.15, -0.1) is 11.6 Å². The Labute approximate surface area is 154 Å². The molecule has 0 aliphatic heterocycles. The molecule has 0 aliphatic rings. The fourth-order valence-electron chi connectivity index (χ4n) is 1.94. The molecule has 0 saturated carbocycles. The number of halogens is 3. The topological polar surface area (TPSA) is 26.3 Å². The second kappa shape index (κ2) is 7.69. The number of benzene rings is 2. The van der Waals surface area contributed by atoms with Crippen molar-refractivity contribution in [3.8, 4) is 16.9 Å². The van der Waals surface area contributed by atoms with E-state index in [1.165, 1.54) is 0 Å². The molecule has 0 fully saturated rings. The summed E-state index contributed by atoms with van der Waals surface area (Å²) in [7, 11) is 0. The highest BCUT2D eigenvalue weighted by Crippen LogP contribution is 2.33. The van der Waals surface area contributed by atoms with Crippen LogP contribution in [0.15, 0.2) is 48.5 Å². The largest absolute Gasteiger partial charge is 0.470 e. The standard InChI is InChI=1S/C18H17BrCl2O2/c1-18(2,11-20)16(22)17(19)23-15-9-8-13(10-14(15)21)12-6-4-3-5-7-12/h3-10,17H,11H2,1-2H3. The zero-order valence-electron chi connectivity index (χ0n) is 12.9. The summed E-state index contributed by atoms with van der Waals surface area (Å²) in [5.74, 6) is 0.542. The molecule has 5 heteroatoms. The highest BCUT2D eigenvalue weighted by molar-refractivity contribution is 9.09. The minimum atomic E-state index is -0.795. The van der Waals surface area contributed by atoms with Gasteiger partial charge in [-0.1, -0.05) is 61.8 Å². The summed E-state index contributed by atoms with van der Waals surface area (Å²) in [4.78, 5) is 12.3. The van der Waals surface area contributed by atoms with Gasteiger partial charge in [-0.25, -0.2) is 0 Å². The van der Waals surface area contributed by atoms with Crippen molar-refractivity contribution in [3.63, 3.8) is 0 Å². The first-order chi connectivity index (χ1) is 10.8. The minimum Gasteiger partial charge on any atom is -0.470 e. The van der Waals surface area contributed by atoms with Crippen LogP contribution in [0, 0.1) is 5.41 Å². The van der Waals surface area contributed by atoms with Gasteiger partial charge in [-0.05, 0) is 39.2 Å². The van der Waals surface area contributed by atoms with Crippen LogP contribution in [0.3, 0.4) is 0 Å². The predicted molar refractivity (Wildman–Crippen MR) is 99.7 cm³/mol. The van der Waals surface area contributed by atoms with Crippen LogP contribution >= 0.6 is 39.1 Å². The van der Waals surface area contributed by atoms with Crippen molar-refractivity contribution in [2.45, 2.75) is 18.9 Å². The third-order valence-corrected chi connectivity index (χ3v) is 5.04. The van der Waals surface area contributed by atoms with E-state index in [4.69, 9.17) is 27.9 Å². The van der Waals surface area contributed by atoms with E-state index in [1.807, 2.05) is 42.5 Å². The molecule has 0 bridgehead atoms. The van der Waals surface area contributed by atoms with Crippen LogP contribution < -0.4 is 4.74 Å². The maximum atomic E-state index is 12.3. The molecule has 122 valence electrons. The lowest BCUT2D eigenvalue weighted by molar-refractivity contribution is -0.129. The van der Waals surface area contributed by atoms with E-state index in [2.05, 4.69) is 15.9 Å². The first kappa shape index (κ1) is 18.3. The zero-order valence-corrected chi connectivity index (χ0v) is 16.0. The smallest absolute Gasteiger partial charge is 0.211 e. The minimum absolute atomic E-state index is 0.129. The SMILES string of the molecule is CC(C)(CCl)C(=O)C(Br)Oc1ccc(-c2ccccc2)cc1Cl. The van der Waals surface area contributed by atoms with Crippen LogP contribution in [0.5, 0.6) is 5.75 Å². The molecule has 0 saturated heterocycles. The zero-order chi connectivity index (χ0) is 17.0. The Morgan fingerprint density at radius 2 is 1.83 bits per heavy atom. The number of hydrogen-bond acceptors (Lipinski definition) is 2. The lowest BCUT2D eigenvalue weighted by Gasteiger charge is -2.23. The number of carbonyl (C=O) groups is 1. The second-order valence-corrected chi connectivity index (χ2v) is 7.33. The van der Waals surface area contributed by atoms with Crippen LogP contribution in [0.25, 0.3) is 11.1 Å². The van der Waals surface area contributed by atoms with E-state index in [0.29, 0.717) is 10.8 Å². The van der Waals surface area contributed by atoms with Gasteiger partial charge in [0, 0.05) is 11.3 Å². The lowest BCUT2D eigenvalue weighted by atomic mass is 9.91. The molecule has 2 nitrogen and oxygen atoms in total. The van der Waals surface area contributed by atoms with Gasteiger partial charge in [0.05, 0.1) is 5.02 Å². The summed E-state index contributed by atoms with van der Waals surface area (Å²) < 4.78 is 5.66. The number of alkyl halides is 2. The molecule has 23 heavy (non-hydrogen) atoms. The summed E-state index contributed by atoms with van der Waals surface area (Å²) >= 11 is 15.4. The molecule has 2 aromatic carbocycles. The quantitative estimate of drug-likeness (QED) is 0.545. The van der Waals surface area contributed by atoms with E-state index in [0.717, 1.165) is 11.1 Å². The van der Waals surface area contributed by atoms with Gasteiger partial charge in [-0.2, -0.15) is 0 Å². The highest BCUT2D eigenvalue weighted by Gasteiger charge is 2.33. The Kier molecular flexibility index (Phi) is 6.12. The lowest BCUT2D eigenvalue weighted by Crippen LogP contribution is -2.35. The average molecular weight is 416 g/mol. The van der Waals surface area contributed by atoms with Gasteiger partial charge in [0.2, 0.25) is 5.01 Å². The Morgan fingerprint density at radius 3 is 2.39 bits per heavy atom. The molecule has 0 aliphatic carbocycles. The van der Waals surface area contributed by atoms with E-state index in [9.17, 15) is 4.79 Å². The molecular formula is C18H17BrCl2O2. The van der Waals surface area contributed by atoms with Crippen LogP contribution in [-0.2, 0) is 4.79 Å². The average Bonchev–Trinajstić information content (AvgIpc) is 2.56. The molecule has 1 atom stereocenters. The highest BCUT2D eigenvalue weighted by atomic mass is 79.9. The van der Waals surface area contributed by atoms with Crippen LogP contribution in [-0.4, -0.2) is 16.7 Å². The molecule has 0 N–H and O–H groups in total. The molecule has 0 heterocycles. The Bertz CT molecular complexity index is 687. The third-order valence-electron chi connectivity index (χ3n) is 3.48. The first-order valence-corrected chi connectivity index (χ1v) is 8.94. The molecule has 1 unspecified atom stereocenters. The van der Waals surface area contributed by atoms with Crippen molar-refractivity contribution < 1.29 is 9.53 Å². The normalized spacial score (nSPS) is 12.7. The van der Waals surface area contributed by atoms with Gasteiger partial charge in [0.1, 0.15) is 5.75 Å². The monoisotopic (exact) mass is 414 g/mol. The summed E-state index contributed by atoms with van der Waals surface area (Å²) in [6.45, 7) is 3.56. The van der Waals surface area contributed by atoms with Crippen molar-refractivity contribution in [2.75, 3.05) is 5.88 Å². The van der Waals surface area contributed by atoms with Gasteiger partial charge in [0.15, 0.2) is 5.78 Å². The van der Waals surface area contributed by atoms with Gasteiger partial charge >= 0.3 is 0 Å². The third kappa shape index (κ3) is 4.50. The second-order valence-electron chi connectivity index (χ2n) is 5.83. The Hall–Kier alpha value is -1.03. The van der Waals surface area contributed by atoms with Crippen molar-refractivity contribution in [3.05, 3.63) is 53.6 Å². The van der Waals surface area contributed by atoms with Crippen molar-refractivity contribution in [1.82, 2.24) is 0 Å². The summed E-state index contributed by atoms with van der Waals surface area (Å²) in [6, 6.07) is 15.4. The maximum absolute atomic E-state index is 12.3. The van der Waals surface area contributed by atoms with Gasteiger partial charge in [-0.3, -0.25) is 4.79 Å². The Balaban J connectivity index is 2.17. The number of hydrogen-bond donors (Lipinski definition) is 0. The fourth-order valence-corrected chi connectivity index (χ4v) is 3.12. The molecule has 2 aromatic rings. The first-order valence-electron chi connectivity index (χ1n) is 7.11. The van der Waals surface area contributed by atoms with E-state index in [-0.39, 0.29) is 11.7 Å². The molecule has 0 amide bonds. The van der Waals surface area contributed by atoms with Crippen LogP contribution in [0.1, 0.15) is 13.8 Å². The number of Topliss-reactive ketones (excluding diaryl/α,β-unsaturated/α-hetero) is 1. The number of rotatable bonds is 6. The van der Waals surface area contributed by atoms with Gasteiger partial charge < -0.3 is 4.74 Å². The summed E-state index contributed by atoms with van der Waals surface area (Å²) in [5.41, 5.74) is 1.38. The molecule has 0 radical (unpaired) electrons. The molecule has 0 spiro atoms. The van der Waals surface area contributed by atoms with Gasteiger partial charge in [0.25, 0.3) is 0 Å². The summed E-state index contributed by atoms with van der Waals surface area (Å²) in [6.07, 6.45) is 0. The predicted octanol–water partition coefficient (Wildman–Crippen LogP) is 5.94. The van der Waals surface area contributed by atoms with Crippen LogP contribution in [0.4, 0.5) is 0 Å². The maximum Gasteiger partial charge on any atom is 0.211 e. The molecule has 2 rings (SSSR count). The van der Waals surface area contributed by atoms with Crippen molar-refractivity contribution >= 4 is 44.9 Å². The van der Waals surface area contributed by atoms with E-state index < -0.39 is 10.4 Å². The van der Waals surface area contributed by atoms with E-state index >= 15 is 0 Å². The molecular weight excluding hydrogens is 399 g/mol. The van der Waals surface area contributed by atoms with E-state index in [1.54, 1.807) is 19.9 Å². The summed E-state index contributed by atoms with van der Waals surface area (Å²) in [5, 5.41) is -0.344. The number of ether oxygens (including phenoxy) is 1. The van der Waals surface area contributed by atoms with Crippen molar-refractivity contribution in [1.29, 1.82) is 0 Å². The fraction of sp³-hybridized carbons (Fsp3) is 0.278.